The number of amides is 1. The molecule has 0 saturated carbocycles. The molecule has 1 atom stereocenters. The summed E-state index contributed by atoms with van der Waals surface area (Å²) in [5.74, 6) is -0.472. The van der Waals surface area contributed by atoms with Crippen LogP contribution >= 0.6 is 0 Å². The molecule has 1 unspecified atom stereocenters. The number of nitrogens with zero attached hydrogens (tertiary/aromatic N) is 1. The van der Waals surface area contributed by atoms with Crippen LogP contribution in [0.3, 0.4) is 0 Å². The van der Waals surface area contributed by atoms with Crippen molar-refractivity contribution in [2.24, 2.45) is 0 Å². The van der Waals surface area contributed by atoms with E-state index in [4.69, 9.17) is 0 Å². The monoisotopic (exact) mass is 307 g/mol. The molecule has 0 saturated heterocycles. The van der Waals surface area contributed by atoms with E-state index < -0.39 is 23.9 Å². The molecule has 3 rings (SSSR count). The van der Waals surface area contributed by atoms with Gasteiger partial charge in [-0.25, -0.2) is 0 Å². The molecule has 6 heteroatoms. The number of aliphatic hydroxyl groups is 1. The quantitative estimate of drug-likeness (QED) is 0.924. The summed E-state index contributed by atoms with van der Waals surface area (Å²) in [6.45, 7) is -0.301. The first kappa shape index (κ1) is 14.6. The van der Waals surface area contributed by atoms with Crippen molar-refractivity contribution < 1.29 is 23.1 Å². The third kappa shape index (κ3) is 2.35. The topological polar surface area (TPSA) is 40.5 Å². The van der Waals surface area contributed by atoms with Gasteiger partial charge in [0.25, 0.3) is 5.91 Å². The van der Waals surface area contributed by atoms with Crippen molar-refractivity contribution in [1.29, 1.82) is 0 Å². The fourth-order valence-electron chi connectivity index (χ4n) is 2.63. The number of halogens is 3. The number of aliphatic hydroxyl groups excluding tert-OH is 1. The molecule has 1 aliphatic heterocycles. The van der Waals surface area contributed by atoms with Gasteiger partial charge in [-0.05, 0) is 17.7 Å². The zero-order valence-electron chi connectivity index (χ0n) is 11.3. The number of carbonyl (C=O) groups is 1. The van der Waals surface area contributed by atoms with Crippen molar-refractivity contribution in [1.82, 2.24) is 4.90 Å². The maximum atomic E-state index is 13.0. The van der Waals surface area contributed by atoms with Gasteiger partial charge in [0, 0.05) is 17.7 Å². The number of rotatable bonds is 2. The van der Waals surface area contributed by atoms with Crippen LogP contribution in [-0.4, -0.2) is 15.9 Å². The maximum Gasteiger partial charge on any atom is 0.416 e. The highest BCUT2D eigenvalue weighted by atomic mass is 19.4. The van der Waals surface area contributed by atoms with Crippen LogP contribution in [0.4, 0.5) is 13.2 Å². The molecule has 1 N–H and O–H groups in total. The van der Waals surface area contributed by atoms with E-state index in [0.717, 1.165) is 11.0 Å². The molecule has 3 nitrogen and oxygen atoms in total. The third-order valence-corrected chi connectivity index (χ3v) is 3.69. The molecule has 0 radical (unpaired) electrons. The second kappa shape index (κ2) is 5.14. The molecule has 1 aliphatic rings. The normalized spacial score (nSPS) is 17.7. The van der Waals surface area contributed by atoms with Gasteiger partial charge >= 0.3 is 6.18 Å². The average Bonchev–Trinajstić information content (AvgIpc) is 2.72. The van der Waals surface area contributed by atoms with E-state index in [-0.39, 0.29) is 12.1 Å². The minimum absolute atomic E-state index is 0.0461. The standard InChI is InChI=1S/C16H12F3NO2/c17-16(18,19)13-8-4-1-5-10(13)9-20-14(21)11-6-2-3-7-12(11)15(20)22/h1-8,14,21H,9H2. The number of fused-ring (bicyclic) bond motifs is 1. The van der Waals surface area contributed by atoms with Crippen LogP contribution in [0, 0.1) is 0 Å². The molecule has 22 heavy (non-hydrogen) atoms. The number of benzene rings is 2. The maximum absolute atomic E-state index is 13.0. The largest absolute Gasteiger partial charge is 0.416 e. The SMILES string of the molecule is O=C1c2ccccc2C(O)N1Cc1ccccc1C(F)(F)F. The van der Waals surface area contributed by atoms with E-state index in [1.807, 2.05) is 0 Å². The molecule has 2 aromatic carbocycles. The van der Waals surface area contributed by atoms with Crippen LogP contribution in [0.5, 0.6) is 0 Å². The lowest BCUT2D eigenvalue weighted by atomic mass is 10.1. The summed E-state index contributed by atoms with van der Waals surface area (Å²) in [5.41, 5.74) is -0.113. The highest BCUT2D eigenvalue weighted by Gasteiger charge is 2.38. The van der Waals surface area contributed by atoms with Crippen molar-refractivity contribution in [3.05, 3.63) is 70.8 Å². The average molecular weight is 307 g/mol. The highest BCUT2D eigenvalue weighted by molar-refractivity contribution is 5.98. The Hall–Kier alpha value is -2.34. The van der Waals surface area contributed by atoms with Crippen LogP contribution in [0.2, 0.25) is 0 Å². The zero-order chi connectivity index (χ0) is 15.9. The Bertz CT molecular complexity index is 727. The van der Waals surface area contributed by atoms with Gasteiger partial charge in [-0.2, -0.15) is 13.2 Å². The van der Waals surface area contributed by atoms with Gasteiger partial charge in [0.05, 0.1) is 5.56 Å². The smallest absolute Gasteiger partial charge is 0.369 e. The number of hydrogen-bond acceptors (Lipinski definition) is 2. The van der Waals surface area contributed by atoms with E-state index >= 15 is 0 Å². The first-order valence-electron chi connectivity index (χ1n) is 6.62. The lowest BCUT2D eigenvalue weighted by Crippen LogP contribution is -2.28. The van der Waals surface area contributed by atoms with E-state index in [9.17, 15) is 23.1 Å². The Morgan fingerprint density at radius 1 is 1.05 bits per heavy atom. The third-order valence-electron chi connectivity index (χ3n) is 3.69. The Balaban J connectivity index is 1.95. The van der Waals surface area contributed by atoms with E-state index in [1.165, 1.54) is 18.2 Å². The number of hydrogen-bond donors (Lipinski definition) is 1. The Kier molecular flexibility index (Phi) is 3.41. The van der Waals surface area contributed by atoms with E-state index in [0.29, 0.717) is 11.1 Å². The van der Waals surface area contributed by atoms with E-state index in [1.54, 1.807) is 24.3 Å². The minimum Gasteiger partial charge on any atom is -0.369 e. The molecular weight excluding hydrogens is 295 g/mol. The molecule has 1 amide bonds. The van der Waals surface area contributed by atoms with Gasteiger partial charge in [-0.3, -0.25) is 4.79 Å². The molecule has 0 spiro atoms. The molecule has 114 valence electrons. The van der Waals surface area contributed by atoms with Crippen LogP contribution in [0.15, 0.2) is 48.5 Å². The van der Waals surface area contributed by atoms with Crippen molar-refractivity contribution >= 4 is 5.91 Å². The van der Waals surface area contributed by atoms with Gasteiger partial charge in [-0.1, -0.05) is 36.4 Å². The van der Waals surface area contributed by atoms with Crippen molar-refractivity contribution in [3.63, 3.8) is 0 Å². The first-order valence-corrected chi connectivity index (χ1v) is 6.62. The van der Waals surface area contributed by atoms with Crippen LogP contribution < -0.4 is 0 Å². The predicted octanol–water partition coefficient (Wildman–Crippen LogP) is 3.35. The number of alkyl halides is 3. The molecule has 0 fully saturated rings. The number of carbonyl (C=O) groups excluding carboxylic acids is 1. The zero-order valence-corrected chi connectivity index (χ0v) is 11.3. The van der Waals surface area contributed by atoms with Gasteiger partial charge in [-0.15, -0.1) is 0 Å². The fourth-order valence-corrected chi connectivity index (χ4v) is 2.63. The summed E-state index contributed by atoms with van der Waals surface area (Å²) in [6, 6.07) is 11.5. The van der Waals surface area contributed by atoms with Crippen LogP contribution in [0.25, 0.3) is 0 Å². The van der Waals surface area contributed by atoms with Crippen molar-refractivity contribution in [3.8, 4) is 0 Å². The van der Waals surface area contributed by atoms with Gasteiger partial charge in [0.1, 0.15) is 0 Å². The second-order valence-corrected chi connectivity index (χ2v) is 5.05. The lowest BCUT2D eigenvalue weighted by molar-refractivity contribution is -0.138. The van der Waals surface area contributed by atoms with Crippen LogP contribution in [-0.2, 0) is 12.7 Å². The summed E-state index contributed by atoms with van der Waals surface area (Å²) in [7, 11) is 0. The molecule has 0 aliphatic carbocycles. The summed E-state index contributed by atoms with van der Waals surface area (Å²) in [6.07, 6.45) is -5.73. The Morgan fingerprint density at radius 3 is 2.36 bits per heavy atom. The van der Waals surface area contributed by atoms with Gasteiger partial charge in [0.2, 0.25) is 0 Å². The van der Waals surface area contributed by atoms with E-state index in [2.05, 4.69) is 0 Å². The highest BCUT2D eigenvalue weighted by Crippen LogP contribution is 2.36. The predicted molar refractivity (Wildman–Crippen MR) is 72.7 cm³/mol. The molecule has 2 aromatic rings. The van der Waals surface area contributed by atoms with Gasteiger partial charge in [0.15, 0.2) is 6.23 Å². The molecule has 1 heterocycles. The van der Waals surface area contributed by atoms with Gasteiger partial charge < -0.3 is 10.0 Å². The molecule has 0 bridgehead atoms. The molecular formula is C16H12F3NO2. The Labute approximate surface area is 124 Å². The lowest BCUT2D eigenvalue weighted by Gasteiger charge is -2.23. The second-order valence-electron chi connectivity index (χ2n) is 5.05. The first-order chi connectivity index (χ1) is 10.4. The fraction of sp³-hybridized carbons (Fsp3) is 0.188. The summed E-state index contributed by atoms with van der Waals surface area (Å²) < 4.78 is 39.0. The Morgan fingerprint density at radius 2 is 1.68 bits per heavy atom. The molecule has 0 aromatic heterocycles. The van der Waals surface area contributed by atoms with Crippen LogP contribution in [0.1, 0.15) is 33.3 Å². The minimum atomic E-state index is -4.50. The summed E-state index contributed by atoms with van der Waals surface area (Å²) in [5, 5.41) is 10.2. The summed E-state index contributed by atoms with van der Waals surface area (Å²) >= 11 is 0. The van der Waals surface area contributed by atoms with Crippen molar-refractivity contribution in [2.75, 3.05) is 0 Å². The van der Waals surface area contributed by atoms with Crippen molar-refractivity contribution in [2.45, 2.75) is 18.9 Å². The summed E-state index contributed by atoms with van der Waals surface area (Å²) in [4.78, 5) is 13.3.